The minimum atomic E-state index is -4.77. The summed E-state index contributed by atoms with van der Waals surface area (Å²) in [5.41, 5.74) is -0.435. The average Bonchev–Trinajstić information content (AvgIpc) is 2.45. The van der Waals surface area contributed by atoms with Crippen molar-refractivity contribution in [1.29, 1.82) is 0 Å². The molecule has 2 rings (SSSR count). The molecule has 0 aliphatic heterocycles. The second-order valence-corrected chi connectivity index (χ2v) is 4.34. The van der Waals surface area contributed by atoms with Crippen LogP contribution in [0.3, 0.4) is 0 Å². The van der Waals surface area contributed by atoms with E-state index in [1.807, 2.05) is 0 Å². The van der Waals surface area contributed by atoms with E-state index >= 15 is 0 Å². The fourth-order valence-corrected chi connectivity index (χ4v) is 1.73. The van der Waals surface area contributed by atoms with Gasteiger partial charge in [-0.15, -0.1) is 24.3 Å². The van der Waals surface area contributed by atoms with Crippen LogP contribution >= 0.6 is 0 Å². The van der Waals surface area contributed by atoms with Gasteiger partial charge in [-0.3, -0.25) is 0 Å². The van der Waals surface area contributed by atoms with Gasteiger partial charge in [0.2, 0.25) is 0 Å². The molecule has 22 heavy (non-hydrogen) atoms. The van der Waals surface area contributed by atoms with Crippen LogP contribution in [0.2, 0.25) is 0 Å². The van der Waals surface area contributed by atoms with Gasteiger partial charge in [0.15, 0.2) is 0 Å². The van der Waals surface area contributed by atoms with Crippen LogP contribution in [0.5, 0.6) is 0 Å². The van der Waals surface area contributed by atoms with Crippen molar-refractivity contribution < 1.29 is 41.5 Å². The molecule has 1 unspecified atom stereocenters. The Balaban J connectivity index is 0.00000242. The second-order valence-electron chi connectivity index (χ2n) is 4.34. The number of aliphatic hydroxyl groups is 1. The van der Waals surface area contributed by atoms with Crippen molar-refractivity contribution in [3.8, 4) is 0 Å². The van der Waals surface area contributed by atoms with Crippen LogP contribution < -0.4 is 18.9 Å². The van der Waals surface area contributed by atoms with Gasteiger partial charge in [-0.1, -0.05) is 23.3 Å². The van der Waals surface area contributed by atoms with Crippen molar-refractivity contribution in [3.63, 3.8) is 0 Å². The minimum Gasteiger partial charge on any atom is -0.855 e. The van der Waals surface area contributed by atoms with Crippen LogP contribution in [-0.2, 0) is 0 Å². The Hall–Kier alpha value is -1.61. The first-order valence-corrected chi connectivity index (χ1v) is 5.87. The summed E-state index contributed by atoms with van der Waals surface area (Å²) >= 11 is 0. The van der Waals surface area contributed by atoms with E-state index in [9.17, 15) is 23.0 Å². The molecule has 1 N–H and O–H groups in total. The Morgan fingerprint density at radius 2 is 1.86 bits per heavy atom. The first-order valence-electron chi connectivity index (χ1n) is 5.87. The molecule has 0 spiro atoms. The minimum absolute atomic E-state index is 0. The van der Waals surface area contributed by atoms with Crippen LogP contribution in [0.15, 0.2) is 42.5 Å². The van der Waals surface area contributed by atoms with Gasteiger partial charge in [0.1, 0.15) is 11.9 Å². The van der Waals surface area contributed by atoms with E-state index in [0.717, 1.165) is 18.2 Å². The quantitative estimate of drug-likeness (QED) is 0.384. The molecule has 0 bridgehead atoms. The van der Waals surface area contributed by atoms with Gasteiger partial charge in [0, 0.05) is 0 Å². The third-order valence-electron chi connectivity index (χ3n) is 2.82. The molecule has 0 fully saturated rings. The van der Waals surface area contributed by atoms with Gasteiger partial charge >= 0.3 is 25.0 Å². The standard InChI is InChI=1S/C15H9F4NO.Li/c16-12-3-1-2-11(8-12)13(20)9-4-6-10(7-5-9)14(21)15(17,18)19;/h1-4,6-8,14,21H;/q-2;+1. The van der Waals surface area contributed by atoms with E-state index in [4.69, 9.17) is 5.11 Å². The van der Waals surface area contributed by atoms with E-state index in [1.165, 1.54) is 24.3 Å². The smallest absolute Gasteiger partial charge is 0.855 e. The molecule has 7 heteroatoms. The van der Waals surface area contributed by atoms with Crippen LogP contribution in [0.1, 0.15) is 22.8 Å². The van der Waals surface area contributed by atoms with Crippen molar-refractivity contribution in [2.45, 2.75) is 12.3 Å². The number of rotatable bonds is 3. The van der Waals surface area contributed by atoms with Gasteiger partial charge in [-0.2, -0.15) is 18.7 Å². The number of halogens is 4. The molecule has 2 aromatic carbocycles. The summed E-state index contributed by atoms with van der Waals surface area (Å²) in [6.07, 6.45) is -7.39. The molecule has 0 aliphatic carbocycles. The molecule has 1 atom stereocenters. The molecular weight excluding hydrogens is 293 g/mol. The Labute approximate surface area is 136 Å². The van der Waals surface area contributed by atoms with Gasteiger partial charge < -0.3 is 10.5 Å². The van der Waals surface area contributed by atoms with Crippen molar-refractivity contribution in [3.05, 3.63) is 76.4 Å². The Kier molecular flexibility index (Phi) is 5.95. The third kappa shape index (κ3) is 4.20. The fraction of sp³-hybridized carbons (Fsp3) is 0.133. The molecule has 0 amide bonds. The van der Waals surface area contributed by atoms with E-state index < -0.39 is 23.7 Å². The maximum Gasteiger partial charge on any atom is 1.00 e. The molecular formula is C15H9F4LiNO-. The summed E-state index contributed by atoms with van der Waals surface area (Å²) in [4.78, 5) is 0. The van der Waals surface area contributed by atoms with Crippen LogP contribution in [0, 0.1) is 11.9 Å². The van der Waals surface area contributed by atoms with E-state index in [0.29, 0.717) is 0 Å². The van der Waals surface area contributed by atoms with Crippen molar-refractivity contribution in [2.75, 3.05) is 0 Å². The van der Waals surface area contributed by atoms with Gasteiger partial charge in [-0.05, 0) is 12.1 Å². The molecule has 2 aromatic rings. The van der Waals surface area contributed by atoms with E-state index in [-0.39, 0.29) is 35.7 Å². The van der Waals surface area contributed by atoms with Crippen LogP contribution in [0.4, 0.5) is 17.6 Å². The van der Waals surface area contributed by atoms with Crippen LogP contribution in [-0.4, -0.2) is 17.0 Å². The largest absolute Gasteiger partial charge is 1.00 e. The van der Waals surface area contributed by atoms with Gasteiger partial charge in [0.25, 0.3) is 0 Å². The number of hydrogen-bond acceptors (Lipinski definition) is 1. The first kappa shape index (κ1) is 18.4. The normalized spacial score (nSPS) is 12.4. The van der Waals surface area contributed by atoms with Gasteiger partial charge in [-0.25, -0.2) is 10.1 Å². The molecule has 110 valence electrons. The molecule has 0 heterocycles. The number of hydrogen-bond donors (Lipinski definition) is 1. The topological polar surface area (TPSA) is 42.5 Å². The fourth-order valence-electron chi connectivity index (χ4n) is 1.73. The molecule has 0 saturated heterocycles. The number of nitrogens with zero attached hydrogens (tertiary/aromatic N) is 1. The maximum atomic E-state index is 13.1. The van der Waals surface area contributed by atoms with E-state index in [1.54, 1.807) is 0 Å². The summed E-state index contributed by atoms with van der Waals surface area (Å²) in [6.45, 7) is 0. The van der Waals surface area contributed by atoms with Crippen molar-refractivity contribution >= 4 is 5.71 Å². The van der Waals surface area contributed by atoms with Crippen molar-refractivity contribution in [2.24, 2.45) is 0 Å². The third-order valence-corrected chi connectivity index (χ3v) is 2.82. The van der Waals surface area contributed by atoms with Crippen LogP contribution in [0.25, 0.3) is 5.41 Å². The Bertz CT molecular complexity index is 655. The summed E-state index contributed by atoms with van der Waals surface area (Å²) in [5, 5.41) is 19.0. The predicted molar refractivity (Wildman–Crippen MR) is 69.3 cm³/mol. The number of benzene rings is 2. The maximum absolute atomic E-state index is 13.1. The predicted octanol–water partition coefficient (Wildman–Crippen LogP) is 0.632. The summed E-state index contributed by atoms with van der Waals surface area (Å²) in [7, 11) is 0. The second kappa shape index (κ2) is 7.10. The summed E-state index contributed by atoms with van der Waals surface area (Å²) in [6, 6.07) is 10.7. The molecule has 0 radical (unpaired) electrons. The summed E-state index contributed by atoms with van der Waals surface area (Å²) in [5.74, 6) is -0.553. The van der Waals surface area contributed by atoms with Crippen molar-refractivity contribution in [1.82, 2.24) is 0 Å². The molecule has 0 saturated carbocycles. The number of aliphatic hydroxyl groups excluding tert-OH is 1. The average molecular weight is 302 g/mol. The molecule has 2 nitrogen and oxygen atoms in total. The zero-order valence-corrected chi connectivity index (χ0v) is 11.5. The first-order chi connectivity index (χ1) is 9.79. The Morgan fingerprint density at radius 3 is 2.36 bits per heavy atom. The Morgan fingerprint density at radius 1 is 1.18 bits per heavy atom. The zero-order chi connectivity index (χ0) is 15.6. The summed E-state index contributed by atoms with van der Waals surface area (Å²) < 4.78 is 50.1. The monoisotopic (exact) mass is 302 g/mol. The van der Waals surface area contributed by atoms with E-state index in [2.05, 4.69) is 6.07 Å². The molecule has 0 aromatic heterocycles. The zero-order valence-electron chi connectivity index (χ0n) is 11.5. The molecule has 0 aliphatic rings. The number of alkyl halides is 3. The van der Waals surface area contributed by atoms with Gasteiger partial charge in [0.05, 0.1) is 0 Å². The SMILES string of the molecule is [Li+].[N-]=C(c1[c-]cc(C(O)C(F)(F)F)cc1)c1cccc(F)c1.